The maximum atomic E-state index is 12.0. The molecule has 1 aliphatic carbocycles. The van der Waals surface area contributed by atoms with E-state index < -0.39 is 0 Å². The number of nitrogens with zero attached hydrogens (tertiary/aromatic N) is 2. The normalized spacial score (nSPS) is 23.2. The predicted molar refractivity (Wildman–Crippen MR) is 76.2 cm³/mol. The van der Waals surface area contributed by atoms with Crippen molar-refractivity contribution in [3.63, 3.8) is 0 Å². The van der Waals surface area contributed by atoms with E-state index in [2.05, 4.69) is 30.8 Å². The van der Waals surface area contributed by atoms with Crippen molar-refractivity contribution in [2.75, 3.05) is 11.9 Å². The molecule has 0 aromatic carbocycles. The Labute approximate surface area is 120 Å². The van der Waals surface area contributed by atoms with Gasteiger partial charge in [-0.1, -0.05) is 33.8 Å². The van der Waals surface area contributed by atoms with Crippen LogP contribution in [0.15, 0.2) is 0 Å². The highest BCUT2D eigenvalue weighted by Crippen LogP contribution is 2.32. The Hall–Kier alpha value is -0.490. The average molecular weight is 332 g/mol. The molecule has 4 nitrogen and oxygen atoms in total. The van der Waals surface area contributed by atoms with E-state index in [9.17, 15) is 4.79 Å². The lowest BCUT2D eigenvalue weighted by Crippen LogP contribution is -2.31. The van der Waals surface area contributed by atoms with Gasteiger partial charge in [0, 0.05) is 11.9 Å². The molecule has 2 rings (SSSR count). The minimum absolute atomic E-state index is 0.0120. The molecule has 0 bridgehead atoms. The van der Waals surface area contributed by atoms with E-state index in [1.165, 1.54) is 30.8 Å². The van der Waals surface area contributed by atoms with Crippen molar-refractivity contribution in [2.45, 2.75) is 32.6 Å². The molecule has 1 N–H and O–H groups in total. The van der Waals surface area contributed by atoms with Crippen LogP contribution in [-0.2, 0) is 6.42 Å². The van der Waals surface area contributed by atoms with Crippen molar-refractivity contribution in [1.29, 1.82) is 0 Å². The second kappa shape index (κ2) is 6.61. The summed E-state index contributed by atoms with van der Waals surface area (Å²) >= 11 is 4.74. The highest BCUT2D eigenvalue weighted by Gasteiger charge is 2.27. The molecule has 0 saturated heterocycles. The first-order valence-corrected chi connectivity index (χ1v) is 8.31. The van der Waals surface area contributed by atoms with Gasteiger partial charge in [-0.3, -0.25) is 4.79 Å². The van der Waals surface area contributed by atoms with Gasteiger partial charge in [0.25, 0.3) is 5.91 Å². The van der Waals surface area contributed by atoms with Gasteiger partial charge in [0.2, 0.25) is 0 Å². The third kappa shape index (κ3) is 3.09. The molecule has 0 radical (unpaired) electrons. The zero-order valence-electron chi connectivity index (χ0n) is 10.5. The summed E-state index contributed by atoms with van der Waals surface area (Å²) in [5, 5.41) is 8.04. The number of alkyl halides is 1. The molecular formula is C12H18BrN3OS. The van der Waals surface area contributed by atoms with Crippen LogP contribution in [-0.4, -0.2) is 27.4 Å². The molecule has 0 spiro atoms. The van der Waals surface area contributed by atoms with Gasteiger partial charge in [-0.2, -0.15) is 0 Å². The number of nitrogens with one attached hydrogen (secondary N) is 1. The van der Waals surface area contributed by atoms with E-state index in [-0.39, 0.29) is 5.91 Å². The van der Waals surface area contributed by atoms with E-state index in [4.69, 9.17) is 0 Å². The minimum atomic E-state index is -0.0120. The van der Waals surface area contributed by atoms with Gasteiger partial charge in [-0.25, -0.2) is 0 Å². The number of amides is 1. The van der Waals surface area contributed by atoms with Crippen molar-refractivity contribution in [3.8, 4) is 0 Å². The molecule has 2 atom stereocenters. The van der Waals surface area contributed by atoms with Gasteiger partial charge in [0.15, 0.2) is 0 Å². The minimum Gasteiger partial charge on any atom is -0.351 e. The first-order chi connectivity index (χ1) is 8.76. The largest absolute Gasteiger partial charge is 0.351 e. The quantitative estimate of drug-likeness (QED) is 0.844. The Balaban J connectivity index is 1.88. The number of aryl methyl sites for hydroxylation is 1. The van der Waals surface area contributed by atoms with E-state index in [0.717, 1.165) is 24.0 Å². The Morgan fingerprint density at radius 1 is 1.50 bits per heavy atom. The smallest absolute Gasteiger partial charge is 0.264 e. The summed E-state index contributed by atoms with van der Waals surface area (Å²) in [6.45, 7) is 2.77. The van der Waals surface area contributed by atoms with Crippen LogP contribution >= 0.6 is 27.5 Å². The molecule has 2 unspecified atom stereocenters. The number of aromatic nitrogens is 2. The highest BCUT2D eigenvalue weighted by molar-refractivity contribution is 9.09. The van der Waals surface area contributed by atoms with E-state index in [1.54, 1.807) is 0 Å². The fourth-order valence-electron chi connectivity index (χ4n) is 2.50. The fraction of sp³-hybridized carbons (Fsp3) is 0.750. The van der Waals surface area contributed by atoms with Gasteiger partial charge in [0.05, 0.1) is 5.69 Å². The molecule has 1 aliphatic rings. The van der Waals surface area contributed by atoms with Crippen LogP contribution in [0.2, 0.25) is 0 Å². The van der Waals surface area contributed by atoms with Crippen molar-refractivity contribution >= 4 is 33.4 Å². The lowest BCUT2D eigenvalue weighted by Gasteiger charge is -2.17. The van der Waals surface area contributed by atoms with Crippen LogP contribution in [0.25, 0.3) is 0 Å². The zero-order chi connectivity index (χ0) is 13.0. The Bertz CT molecular complexity index is 410. The first kappa shape index (κ1) is 13.9. The van der Waals surface area contributed by atoms with Crippen molar-refractivity contribution in [2.24, 2.45) is 11.8 Å². The summed E-state index contributed by atoms with van der Waals surface area (Å²) in [4.78, 5) is 12.7. The predicted octanol–water partition coefficient (Wildman–Crippen LogP) is 2.64. The Morgan fingerprint density at radius 2 is 2.28 bits per heavy atom. The molecule has 1 heterocycles. The summed E-state index contributed by atoms with van der Waals surface area (Å²) in [5.41, 5.74) is 0.806. The molecule has 1 aromatic rings. The SMILES string of the molecule is CCc1nnsc1C(=O)NCC1CCCC1CBr. The molecular weight excluding hydrogens is 314 g/mol. The number of hydrogen-bond acceptors (Lipinski definition) is 4. The van der Waals surface area contributed by atoms with Crippen LogP contribution in [0.5, 0.6) is 0 Å². The number of rotatable bonds is 5. The van der Waals surface area contributed by atoms with Crippen LogP contribution in [0.1, 0.15) is 41.6 Å². The van der Waals surface area contributed by atoms with Crippen LogP contribution in [0, 0.1) is 11.8 Å². The molecule has 1 fully saturated rings. The van der Waals surface area contributed by atoms with Crippen molar-refractivity contribution < 1.29 is 4.79 Å². The van der Waals surface area contributed by atoms with Gasteiger partial charge < -0.3 is 5.32 Å². The van der Waals surface area contributed by atoms with Crippen molar-refractivity contribution in [1.82, 2.24) is 14.9 Å². The maximum absolute atomic E-state index is 12.0. The molecule has 1 amide bonds. The summed E-state index contributed by atoms with van der Waals surface area (Å²) in [6.07, 6.45) is 4.53. The molecule has 1 aromatic heterocycles. The average Bonchev–Trinajstić information content (AvgIpc) is 3.03. The third-order valence-electron chi connectivity index (χ3n) is 3.64. The fourth-order valence-corrected chi connectivity index (χ4v) is 4.02. The van der Waals surface area contributed by atoms with Crippen LogP contribution in [0.3, 0.4) is 0 Å². The summed E-state index contributed by atoms with van der Waals surface area (Å²) < 4.78 is 3.85. The first-order valence-electron chi connectivity index (χ1n) is 6.41. The third-order valence-corrected chi connectivity index (χ3v) is 5.23. The van der Waals surface area contributed by atoms with Crippen LogP contribution in [0.4, 0.5) is 0 Å². The van der Waals surface area contributed by atoms with Crippen molar-refractivity contribution in [3.05, 3.63) is 10.6 Å². The van der Waals surface area contributed by atoms with Crippen LogP contribution < -0.4 is 5.32 Å². The Kier molecular flexibility index (Phi) is 5.12. The second-order valence-electron chi connectivity index (χ2n) is 4.72. The van der Waals surface area contributed by atoms with Gasteiger partial charge >= 0.3 is 0 Å². The Morgan fingerprint density at radius 3 is 3.00 bits per heavy atom. The van der Waals surface area contributed by atoms with Gasteiger partial charge in [-0.15, -0.1) is 5.10 Å². The number of halogens is 1. The summed E-state index contributed by atoms with van der Waals surface area (Å²) in [7, 11) is 0. The topological polar surface area (TPSA) is 54.9 Å². The molecule has 100 valence electrons. The van der Waals surface area contributed by atoms with Gasteiger partial charge in [-0.05, 0) is 42.6 Å². The molecule has 6 heteroatoms. The van der Waals surface area contributed by atoms with Gasteiger partial charge in [0.1, 0.15) is 4.88 Å². The maximum Gasteiger partial charge on any atom is 0.264 e. The highest BCUT2D eigenvalue weighted by atomic mass is 79.9. The molecule has 1 saturated carbocycles. The summed E-state index contributed by atoms with van der Waals surface area (Å²) in [5.74, 6) is 1.30. The summed E-state index contributed by atoms with van der Waals surface area (Å²) in [6, 6.07) is 0. The number of carbonyl (C=O) groups excluding carboxylic acids is 1. The monoisotopic (exact) mass is 331 g/mol. The molecule has 18 heavy (non-hydrogen) atoms. The standard InChI is InChI=1S/C12H18BrN3OS/c1-2-10-11(18-16-15-10)12(17)14-7-9-5-3-4-8(9)6-13/h8-9H,2-7H2,1H3,(H,14,17). The lowest BCUT2D eigenvalue weighted by atomic mass is 9.98. The zero-order valence-corrected chi connectivity index (χ0v) is 12.9. The lowest BCUT2D eigenvalue weighted by molar-refractivity contribution is 0.0948. The molecule has 0 aliphatic heterocycles. The van der Waals surface area contributed by atoms with E-state index >= 15 is 0 Å². The second-order valence-corrected chi connectivity index (χ2v) is 6.12. The number of carbonyl (C=O) groups is 1. The van der Waals surface area contributed by atoms with E-state index in [0.29, 0.717) is 16.7 Å². The van der Waals surface area contributed by atoms with E-state index in [1.807, 2.05) is 6.92 Å². The number of hydrogen-bond donors (Lipinski definition) is 1.